The van der Waals surface area contributed by atoms with E-state index in [-0.39, 0.29) is 16.7 Å². The summed E-state index contributed by atoms with van der Waals surface area (Å²) in [7, 11) is 0. The fraction of sp³-hybridized carbons (Fsp3) is 0.0769. The number of carbonyl (C=O) groups excluding carboxylic acids is 1. The van der Waals surface area contributed by atoms with Crippen LogP contribution in [0.15, 0.2) is 71.6 Å². The number of para-hydroxylation sites is 1. The second kappa shape index (κ2) is 8.98. The van der Waals surface area contributed by atoms with E-state index in [1.165, 1.54) is 40.9 Å². The van der Waals surface area contributed by atoms with Gasteiger partial charge in [-0.3, -0.25) is 9.69 Å². The fourth-order valence-electron chi connectivity index (χ4n) is 4.09. The maximum absolute atomic E-state index is 14.4. The van der Waals surface area contributed by atoms with Crippen molar-refractivity contribution in [2.24, 2.45) is 0 Å². The molecule has 5 rings (SSSR count). The molecule has 1 aromatic heterocycles. The molecule has 0 saturated carbocycles. The molecule has 0 radical (unpaired) electrons. The number of hydrogen-bond acceptors (Lipinski definition) is 3. The molecule has 0 bridgehead atoms. The topological polar surface area (TPSA) is 25.2 Å². The summed E-state index contributed by atoms with van der Waals surface area (Å²) in [5.41, 5.74) is 3.70. The Bertz CT molecular complexity index is 1510. The van der Waals surface area contributed by atoms with Crippen molar-refractivity contribution in [2.75, 3.05) is 4.90 Å². The van der Waals surface area contributed by atoms with Crippen LogP contribution in [0.4, 0.5) is 14.5 Å². The van der Waals surface area contributed by atoms with Gasteiger partial charge in [0.25, 0.3) is 5.91 Å². The van der Waals surface area contributed by atoms with Gasteiger partial charge in [-0.2, -0.15) is 0 Å². The number of amides is 1. The van der Waals surface area contributed by atoms with Crippen LogP contribution in [0.25, 0.3) is 17.0 Å². The van der Waals surface area contributed by atoms with Crippen molar-refractivity contribution in [3.63, 3.8) is 0 Å². The molecule has 1 amide bonds. The van der Waals surface area contributed by atoms with E-state index in [0.29, 0.717) is 27.0 Å². The van der Waals surface area contributed by atoms with Crippen LogP contribution in [0.5, 0.6) is 0 Å². The molecule has 34 heavy (non-hydrogen) atoms. The number of rotatable bonds is 4. The van der Waals surface area contributed by atoms with Crippen LogP contribution in [0, 0.1) is 18.6 Å². The summed E-state index contributed by atoms with van der Waals surface area (Å²) in [6.07, 6.45) is 1.82. The summed E-state index contributed by atoms with van der Waals surface area (Å²) >= 11 is 12.5. The highest BCUT2D eigenvalue weighted by Crippen LogP contribution is 2.39. The number of benzene rings is 3. The van der Waals surface area contributed by atoms with Gasteiger partial charge in [0.15, 0.2) is 4.32 Å². The van der Waals surface area contributed by atoms with Gasteiger partial charge in [0.2, 0.25) is 0 Å². The van der Waals surface area contributed by atoms with Crippen molar-refractivity contribution < 1.29 is 13.6 Å². The first-order chi connectivity index (χ1) is 16.3. The molecule has 1 fully saturated rings. The quantitative estimate of drug-likeness (QED) is 0.212. The number of thiocarbonyl (C=S) groups is 1. The van der Waals surface area contributed by atoms with Gasteiger partial charge in [-0.1, -0.05) is 72.0 Å². The number of nitrogens with zero attached hydrogens (tertiary/aromatic N) is 2. The molecular weight excluding hydrogens is 494 g/mol. The maximum Gasteiger partial charge on any atom is 0.270 e. The lowest BCUT2D eigenvalue weighted by atomic mass is 10.1. The van der Waals surface area contributed by atoms with Crippen molar-refractivity contribution in [1.82, 2.24) is 4.57 Å². The molecule has 1 saturated heterocycles. The first-order valence-electron chi connectivity index (χ1n) is 10.4. The Labute approximate surface area is 209 Å². The lowest BCUT2D eigenvalue weighted by Gasteiger charge is -2.14. The molecular formula is C26H17ClF2N2OS2. The van der Waals surface area contributed by atoms with Crippen LogP contribution in [0.2, 0.25) is 5.02 Å². The molecule has 4 aromatic rings. The number of halogens is 3. The predicted molar refractivity (Wildman–Crippen MR) is 139 cm³/mol. The molecule has 0 aliphatic carbocycles. The number of fused-ring (bicyclic) bond motifs is 1. The van der Waals surface area contributed by atoms with Crippen LogP contribution in [-0.2, 0) is 11.3 Å². The third-order valence-corrected chi connectivity index (χ3v) is 7.39. The molecule has 8 heteroatoms. The Morgan fingerprint density at radius 2 is 1.76 bits per heavy atom. The molecule has 1 aliphatic rings. The van der Waals surface area contributed by atoms with Crippen LogP contribution in [0.1, 0.15) is 16.8 Å². The average Bonchev–Trinajstić information content (AvgIpc) is 3.25. The Hall–Kier alpha value is -3.00. The SMILES string of the molecule is Cc1c(/C=C2\SC(=S)N(c3ccc(F)c(Cl)c3)C2=O)c2ccccc2n1Cc1ccccc1F. The zero-order valence-electron chi connectivity index (χ0n) is 17.9. The zero-order chi connectivity index (χ0) is 24.0. The standard InChI is InChI=1S/C26H17ClF2N2OS2/c1-15-19(13-24-25(32)31(26(33)34-24)17-10-11-22(29)20(27)12-17)18-7-3-5-9-23(18)30(15)14-16-6-2-4-8-21(16)28/h2-13H,14H2,1H3/b24-13-. The molecule has 3 nitrogen and oxygen atoms in total. The van der Waals surface area contributed by atoms with Gasteiger partial charge >= 0.3 is 0 Å². The van der Waals surface area contributed by atoms with Gasteiger partial charge in [0, 0.05) is 27.7 Å². The van der Waals surface area contributed by atoms with Crippen LogP contribution in [0.3, 0.4) is 0 Å². The van der Waals surface area contributed by atoms with Crippen molar-refractivity contribution in [1.29, 1.82) is 0 Å². The number of anilines is 1. The average molecular weight is 511 g/mol. The van der Waals surface area contributed by atoms with Crippen LogP contribution >= 0.6 is 35.6 Å². The second-order valence-corrected chi connectivity index (χ2v) is 9.89. The Morgan fingerprint density at radius 1 is 1.03 bits per heavy atom. The van der Waals surface area contributed by atoms with E-state index >= 15 is 0 Å². The molecule has 0 atom stereocenters. The zero-order valence-corrected chi connectivity index (χ0v) is 20.3. The molecule has 2 heterocycles. The van der Waals surface area contributed by atoms with Crippen molar-refractivity contribution in [3.05, 3.63) is 105 Å². The molecule has 1 aliphatic heterocycles. The normalized spacial score (nSPS) is 15.2. The summed E-state index contributed by atoms with van der Waals surface area (Å²) in [4.78, 5) is 15.1. The summed E-state index contributed by atoms with van der Waals surface area (Å²) in [6, 6.07) is 18.6. The predicted octanol–water partition coefficient (Wildman–Crippen LogP) is 7.34. The van der Waals surface area contributed by atoms with Gasteiger partial charge in [-0.25, -0.2) is 8.78 Å². The summed E-state index contributed by atoms with van der Waals surface area (Å²) in [6.45, 7) is 2.31. The van der Waals surface area contributed by atoms with Crippen molar-refractivity contribution in [2.45, 2.75) is 13.5 Å². The highest BCUT2D eigenvalue weighted by atomic mass is 35.5. The molecule has 0 N–H and O–H groups in total. The third-order valence-electron chi connectivity index (χ3n) is 5.80. The van der Waals surface area contributed by atoms with Gasteiger partial charge in [0.1, 0.15) is 11.6 Å². The van der Waals surface area contributed by atoms with E-state index in [2.05, 4.69) is 0 Å². The summed E-state index contributed by atoms with van der Waals surface area (Å²) < 4.78 is 30.4. The lowest BCUT2D eigenvalue weighted by molar-refractivity contribution is -0.113. The summed E-state index contributed by atoms with van der Waals surface area (Å²) in [5, 5.41) is 0.869. The number of thioether (sulfide) groups is 1. The molecule has 0 spiro atoms. The van der Waals surface area contributed by atoms with Gasteiger partial charge in [-0.05, 0) is 43.3 Å². The van der Waals surface area contributed by atoms with Gasteiger partial charge in [-0.15, -0.1) is 0 Å². The molecule has 3 aromatic carbocycles. The lowest BCUT2D eigenvalue weighted by Crippen LogP contribution is -2.27. The van der Waals surface area contributed by atoms with E-state index in [4.69, 9.17) is 23.8 Å². The van der Waals surface area contributed by atoms with Crippen molar-refractivity contribution in [3.8, 4) is 0 Å². The smallest absolute Gasteiger partial charge is 0.270 e. The monoisotopic (exact) mass is 510 g/mol. The van der Waals surface area contributed by atoms with Gasteiger partial charge < -0.3 is 4.57 Å². The van der Waals surface area contributed by atoms with Gasteiger partial charge in [0.05, 0.1) is 22.2 Å². The van der Waals surface area contributed by atoms with Crippen molar-refractivity contribution >= 4 is 68.5 Å². The van der Waals surface area contributed by atoms with Crippen LogP contribution in [-0.4, -0.2) is 14.8 Å². The fourth-order valence-corrected chi connectivity index (χ4v) is 5.54. The Morgan fingerprint density at radius 3 is 2.53 bits per heavy atom. The largest absolute Gasteiger partial charge is 0.340 e. The molecule has 170 valence electrons. The highest BCUT2D eigenvalue weighted by Gasteiger charge is 2.34. The first-order valence-corrected chi connectivity index (χ1v) is 12.0. The third kappa shape index (κ3) is 3.94. The maximum atomic E-state index is 14.4. The second-order valence-electron chi connectivity index (χ2n) is 7.81. The Balaban J connectivity index is 1.57. The van der Waals surface area contributed by atoms with E-state index < -0.39 is 5.82 Å². The van der Waals surface area contributed by atoms with E-state index in [1.807, 2.05) is 47.9 Å². The van der Waals surface area contributed by atoms with E-state index in [9.17, 15) is 13.6 Å². The molecule has 0 unspecified atom stereocenters. The minimum Gasteiger partial charge on any atom is -0.340 e. The van der Waals surface area contributed by atoms with E-state index in [0.717, 1.165) is 22.2 Å². The summed E-state index contributed by atoms with van der Waals surface area (Å²) in [5.74, 6) is -1.13. The Kier molecular flexibility index (Phi) is 6.02. The van der Waals surface area contributed by atoms with E-state index in [1.54, 1.807) is 12.1 Å². The van der Waals surface area contributed by atoms with Crippen LogP contribution < -0.4 is 4.90 Å². The first kappa shape index (κ1) is 22.8. The number of carbonyl (C=O) groups is 1. The minimum absolute atomic E-state index is 0.0809. The highest BCUT2D eigenvalue weighted by molar-refractivity contribution is 8.27. The number of hydrogen-bond donors (Lipinski definition) is 0. The minimum atomic E-state index is -0.565. The number of aromatic nitrogens is 1.